The molecule has 1 fully saturated rings. The summed E-state index contributed by atoms with van der Waals surface area (Å²) in [7, 11) is 0. The van der Waals surface area contributed by atoms with Crippen molar-refractivity contribution in [1.82, 2.24) is 4.90 Å². The van der Waals surface area contributed by atoms with Crippen molar-refractivity contribution in [3.05, 3.63) is 78.3 Å². The summed E-state index contributed by atoms with van der Waals surface area (Å²) >= 11 is 0. The van der Waals surface area contributed by atoms with E-state index in [0.29, 0.717) is 18.7 Å². The molecule has 2 aliphatic heterocycles. The molecular formula is C25H25N3O3. The summed E-state index contributed by atoms with van der Waals surface area (Å²) < 4.78 is 5.04. The number of rotatable bonds is 4. The van der Waals surface area contributed by atoms with Crippen LogP contribution in [-0.2, 0) is 11.2 Å². The molecule has 0 unspecified atom stereocenters. The molecule has 6 heteroatoms. The molecule has 2 aromatic carbocycles. The molecule has 158 valence electrons. The summed E-state index contributed by atoms with van der Waals surface area (Å²) in [5.74, 6) is -0.353. The van der Waals surface area contributed by atoms with E-state index in [9.17, 15) is 9.59 Å². The zero-order valence-corrected chi connectivity index (χ0v) is 17.3. The van der Waals surface area contributed by atoms with E-state index >= 15 is 0 Å². The van der Waals surface area contributed by atoms with Crippen LogP contribution in [0.4, 0.5) is 17.1 Å². The lowest BCUT2D eigenvalue weighted by molar-refractivity contribution is -0.121. The van der Waals surface area contributed by atoms with E-state index in [4.69, 9.17) is 4.42 Å². The van der Waals surface area contributed by atoms with E-state index in [1.807, 2.05) is 30.3 Å². The number of carbonyl (C=O) groups is 2. The van der Waals surface area contributed by atoms with Gasteiger partial charge in [0.25, 0.3) is 5.91 Å². The van der Waals surface area contributed by atoms with Crippen molar-refractivity contribution in [2.75, 3.05) is 29.9 Å². The first-order valence-corrected chi connectivity index (χ1v) is 10.8. The van der Waals surface area contributed by atoms with Crippen LogP contribution in [0.3, 0.4) is 0 Å². The van der Waals surface area contributed by atoms with Crippen LogP contribution in [0.2, 0.25) is 0 Å². The van der Waals surface area contributed by atoms with E-state index in [2.05, 4.69) is 28.4 Å². The molecule has 0 spiro atoms. The first-order chi connectivity index (χ1) is 15.2. The molecule has 6 nitrogen and oxygen atoms in total. The van der Waals surface area contributed by atoms with Crippen LogP contribution in [0, 0.1) is 5.92 Å². The Hall–Kier alpha value is -3.54. The number of hydrogen-bond donors (Lipinski definition) is 1. The third-order valence-electron chi connectivity index (χ3n) is 6.19. The van der Waals surface area contributed by atoms with Crippen molar-refractivity contribution in [1.29, 1.82) is 0 Å². The molecule has 0 aliphatic carbocycles. The minimum Gasteiger partial charge on any atom is -0.472 e. The molecule has 0 bridgehead atoms. The van der Waals surface area contributed by atoms with Crippen LogP contribution in [-0.4, -0.2) is 36.3 Å². The fourth-order valence-electron chi connectivity index (χ4n) is 4.58. The van der Waals surface area contributed by atoms with E-state index in [1.54, 1.807) is 11.0 Å². The van der Waals surface area contributed by atoms with Crippen molar-refractivity contribution in [3.8, 4) is 0 Å². The standard InChI is InChI=1S/C25H25N3O3/c29-24(19-7-5-13-27(16-19)25(30)20-12-15-31-17-20)26-21-8-2-4-10-23(21)28-14-11-18-6-1-3-9-22(18)28/h1-4,6,8-10,12,15,17,19H,5,7,11,13-14,16H2,(H,26,29)/t19-/m0/s1. The molecule has 31 heavy (non-hydrogen) atoms. The van der Waals surface area contributed by atoms with Gasteiger partial charge in [0, 0.05) is 25.3 Å². The topological polar surface area (TPSA) is 65.8 Å². The van der Waals surface area contributed by atoms with Gasteiger partial charge in [-0.1, -0.05) is 30.3 Å². The fraction of sp³-hybridized carbons (Fsp3) is 0.280. The van der Waals surface area contributed by atoms with Gasteiger partial charge in [-0.3, -0.25) is 9.59 Å². The molecule has 0 saturated carbocycles. The van der Waals surface area contributed by atoms with Crippen molar-refractivity contribution in [3.63, 3.8) is 0 Å². The molecular weight excluding hydrogens is 390 g/mol. The van der Waals surface area contributed by atoms with Gasteiger partial charge in [-0.25, -0.2) is 0 Å². The molecule has 0 radical (unpaired) electrons. The number of likely N-dealkylation sites (tertiary alicyclic amines) is 1. The lowest BCUT2D eigenvalue weighted by atomic mass is 9.96. The summed E-state index contributed by atoms with van der Waals surface area (Å²) in [6.45, 7) is 1.97. The molecule has 5 rings (SSSR count). The molecule has 3 heterocycles. The first kappa shape index (κ1) is 19.4. The summed E-state index contributed by atoms with van der Waals surface area (Å²) in [6.07, 6.45) is 5.52. The van der Waals surface area contributed by atoms with Crippen molar-refractivity contribution < 1.29 is 14.0 Å². The zero-order valence-electron chi connectivity index (χ0n) is 17.3. The summed E-state index contributed by atoms with van der Waals surface area (Å²) in [6, 6.07) is 18.0. The minimum absolute atomic E-state index is 0.0374. The first-order valence-electron chi connectivity index (χ1n) is 10.8. The fourth-order valence-corrected chi connectivity index (χ4v) is 4.58. The van der Waals surface area contributed by atoms with Gasteiger partial charge in [0.15, 0.2) is 0 Å². The number of fused-ring (bicyclic) bond motifs is 1. The van der Waals surface area contributed by atoms with Gasteiger partial charge in [0.05, 0.1) is 29.1 Å². The second-order valence-corrected chi connectivity index (χ2v) is 8.14. The highest BCUT2D eigenvalue weighted by Gasteiger charge is 2.30. The Morgan fingerprint density at radius 1 is 0.968 bits per heavy atom. The Kier molecular flexibility index (Phi) is 5.20. The van der Waals surface area contributed by atoms with Crippen LogP contribution >= 0.6 is 0 Å². The number of nitrogens with one attached hydrogen (secondary N) is 1. The van der Waals surface area contributed by atoms with Crippen LogP contribution in [0.25, 0.3) is 0 Å². The van der Waals surface area contributed by atoms with Crippen LogP contribution in [0.5, 0.6) is 0 Å². The quantitative estimate of drug-likeness (QED) is 0.683. The number of para-hydroxylation sites is 3. The van der Waals surface area contributed by atoms with E-state index in [0.717, 1.165) is 37.2 Å². The number of piperidine rings is 1. The Morgan fingerprint density at radius 3 is 2.61 bits per heavy atom. The smallest absolute Gasteiger partial charge is 0.257 e. The number of benzene rings is 2. The second kappa shape index (κ2) is 8.30. The zero-order chi connectivity index (χ0) is 21.2. The van der Waals surface area contributed by atoms with E-state index in [-0.39, 0.29) is 17.7 Å². The van der Waals surface area contributed by atoms with Gasteiger partial charge in [-0.05, 0) is 49.1 Å². The molecule has 2 aliphatic rings. The summed E-state index contributed by atoms with van der Waals surface area (Å²) in [5.41, 5.74) is 4.85. The molecule has 3 aromatic rings. The molecule has 1 saturated heterocycles. The van der Waals surface area contributed by atoms with Gasteiger partial charge in [-0.15, -0.1) is 0 Å². The molecule has 1 atom stereocenters. The monoisotopic (exact) mass is 415 g/mol. The van der Waals surface area contributed by atoms with Crippen molar-refractivity contribution in [2.24, 2.45) is 5.92 Å². The number of amides is 2. The van der Waals surface area contributed by atoms with Gasteiger partial charge in [-0.2, -0.15) is 0 Å². The lowest BCUT2D eigenvalue weighted by Crippen LogP contribution is -2.43. The molecule has 1 aromatic heterocycles. The van der Waals surface area contributed by atoms with Crippen LogP contribution in [0.15, 0.2) is 71.5 Å². The highest BCUT2D eigenvalue weighted by Crippen LogP contribution is 2.38. The average molecular weight is 415 g/mol. The van der Waals surface area contributed by atoms with Gasteiger partial charge >= 0.3 is 0 Å². The maximum absolute atomic E-state index is 13.1. The highest BCUT2D eigenvalue weighted by atomic mass is 16.3. The Morgan fingerprint density at radius 2 is 1.77 bits per heavy atom. The highest BCUT2D eigenvalue weighted by molar-refractivity contribution is 5.98. The Labute approximate surface area is 181 Å². The van der Waals surface area contributed by atoms with Crippen LogP contribution in [0.1, 0.15) is 28.8 Å². The normalized spacial score (nSPS) is 18.0. The summed E-state index contributed by atoms with van der Waals surface area (Å²) in [4.78, 5) is 29.8. The number of hydrogen-bond acceptors (Lipinski definition) is 4. The summed E-state index contributed by atoms with van der Waals surface area (Å²) in [5, 5.41) is 3.15. The maximum Gasteiger partial charge on any atom is 0.257 e. The van der Waals surface area contributed by atoms with E-state index in [1.165, 1.54) is 23.8 Å². The van der Waals surface area contributed by atoms with Crippen molar-refractivity contribution in [2.45, 2.75) is 19.3 Å². The minimum atomic E-state index is -0.233. The third kappa shape index (κ3) is 3.81. The second-order valence-electron chi connectivity index (χ2n) is 8.14. The molecule has 1 N–H and O–H groups in total. The third-order valence-corrected chi connectivity index (χ3v) is 6.19. The lowest BCUT2D eigenvalue weighted by Gasteiger charge is -2.32. The van der Waals surface area contributed by atoms with Crippen molar-refractivity contribution >= 4 is 28.9 Å². The Bertz CT molecular complexity index is 1090. The van der Waals surface area contributed by atoms with Gasteiger partial charge < -0.3 is 19.5 Å². The van der Waals surface area contributed by atoms with Crippen LogP contribution < -0.4 is 10.2 Å². The largest absolute Gasteiger partial charge is 0.472 e. The SMILES string of the molecule is O=C(Nc1ccccc1N1CCc2ccccc21)[C@H]1CCCN(C(=O)c2ccoc2)C1. The average Bonchev–Trinajstić information content (AvgIpc) is 3.49. The maximum atomic E-state index is 13.1. The van der Waals surface area contributed by atoms with E-state index < -0.39 is 0 Å². The number of nitrogens with zero attached hydrogens (tertiary/aromatic N) is 2. The predicted octanol–water partition coefficient (Wildman–Crippen LogP) is 4.46. The molecule has 2 amide bonds. The number of anilines is 3. The van der Waals surface area contributed by atoms with Gasteiger partial charge in [0.1, 0.15) is 6.26 Å². The Balaban J connectivity index is 1.32. The predicted molar refractivity (Wildman–Crippen MR) is 120 cm³/mol. The number of furan rings is 1. The van der Waals surface area contributed by atoms with Gasteiger partial charge in [0.2, 0.25) is 5.91 Å². The number of carbonyl (C=O) groups excluding carboxylic acids is 2.